The fraction of sp³-hybridized carbons (Fsp3) is 0.529. The summed E-state index contributed by atoms with van der Waals surface area (Å²) >= 11 is 5.88. The highest BCUT2D eigenvalue weighted by Gasteiger charge is 2.22. The number of hydrogen-bond donors (Lipinski definition) is 2. The minimum atomic E-state index is 0.390. The van der Waals surface area contributed by atoms with Gasteiger partial charge in [0, 0.05) is 37.9 Å². The fourth-order valence-corrected chi connectivity index (χ4v) is 3.29. The fourth-order valence-electron chi connectivity index (χ4n) is 3.14. The molecule has 0 aliphatic heterocycles. The molecule has 0 radical (unpaired) electrons. The quantitative estimate of drug-likeness (QED) is 0.846. The predicted octanol–water partition coefficient (Wildman–Crippen LogP) is 3.13. The Morgan fingerprint density at radius 2 is 1.68 bits per heavy atom. The molecule has 2 heterocycles. The molecule has 3 rings (SSSR count). The van der Waals surface area contributed by atoms with E-state index in [2.05, 4.69) is 30.6 Å². The number of nitrogens with one attached hydrogen (secondary N) is 2. The van der Waals surface area contributed by atoms with Crippen molar-refractivity contribution in [1.82, 2.24) is 19.9 Å². The molecule has 8 heteroatoms. The Hall–Kier alpha value is -2.15. The van der Waals surface area contributed by atoms with Gasteiger partial charge in [-0.2, -0.15) is 4.98 Å². The maximum absolute atomic E-state index is 5.88. The van der Waals surface area contributed by atoms with Crippen molar-refractivity contribution in [3.63, 3.8) is 0 Å². The van der Waals surface area contributed by atoms with Gasteiger partial charge in [-0.1, -0.05) is 11.6 Å². The van der Waals surface area contributed by atoms with Crippen LogP contribution in [0.4, 0.5) is 17.6 Å². The van der Waals surface area contributed by atoms with Crippen LogP contribution in [0.25, 0.3) is 0 Å². The molecule has 2 aromatic rings. The Bertz CT molecular complexity index is 714. The van der Waals surface area contributed by atoms with E-state index in [4.69, 9.17) is 11.6 Å². The lowest BCUT2D eigenvalue weighted by Crippen LogP contribution is -2.33. The molecule has 2 N–H and O–H groups in total. The highest BCUT2D eigenvalue weighted by atomic mass is 35.5. The predicted molar refractivity (Wildman–Crippen MR) is 101 cm³/mol. The second-order valence-corrected chi connectivity index (χ2v) is 7.05. The molecule has 0 saturated heterocycles. The van der Waals surface area contributed by atoms with Crippen molar-refractivity contribution >= 4 is 29.2 Å². The highest BCUT2D eigenvalue weighted by Crippen LogP contribution is 2.24. The summed E-state index contributed by atoms with van der Waals surface area (Å²) in [5, 5.41) is 7.30. The van der Waals surface area contributed by atoms with Gasteiger partial charge in [0.15, 0.2) is 0 Å². The van der Waals surface area contributed by atoms with Gasteiger partial charge < -0.3 is 15.5 Å². The highest BCUT2D eigenvalue weighted by molar-refractivity contribution is 6.29. The lowest BCUT2D eigenvalue weighted by atomic mass is 9.91. The van der Waals surface area contributed by atoms with E-state index in [-0.39, 0.29) is 0 Å². The van der Waals surface area contributed by atoms with Gasteiger partial charge in [-0.05, 0) is 32.6 Å². The van der Waals surface area contributed by atoms with Crippen LogP contribution in [-0.2, 0) is 0 Å². The van der Waals surface area contributed by atoms with Crippen LogP contribution in [0.15, 0.2) is 18.6 Å². The molecule has 1 aliphatic carbocycles. The summed E-state index contributed by atoms with van der Waals surface area (Å²) in [7, 11) is 3.99. The van der Waals surface area contributed by atoms with Gasteiger partial charge in [-0.3, -0.25) is 4.98 Å². The zero-order valence-electron chi connectivity index (χ0n) is 14.8. The first-order valence-corrected chi connectivity index (χ1v) is 8.90. The van der Waals surface area contributed by atoms with Crippen molar-refractivity contribution in [2.24, 2.45) is 0 Å². The number of aromatic nitrogens is 4. The van der Waals surface area contributed by atoms with E-state index < -0.39 is 0 Å². The number of anilines is 3. The summed E-state index contributed by atoms with van der Waals surface area (Å²) in [5.74, 6) is 2.39. The van der Waals surface area contributed by atoms with Crippen LogP contribution in [0.1, 0.15) is 31.2 Å². The molecule has 0 atom stereocenters. The zero-order chi connectivity index (χ0) is 17.8. The second-order valence-electron chi connectivity index (χ2n) is 6.66. The normalized spacial score (nSPS) is 20.2. The third kappa shape index (κ3) is 4.69. The van der Waals surface area contributed by atoms with Gasteiger partial charge in [-0.15, -0.1) is 0 Å². The molecule has 134 valence electrons. The monoisotopic (exact) mass is 361 g/mol. The number of halogens is 1. The van der Waals surface area contributed by atoms with Crippen molar-refractivity contribution in [3.8, 4) is 0 Å². The summed E-state index contributed by atoms with van der Waals surface area (Å²) < 4.78 is 0. The maximum Gasteiger partial charge on any atom is 0.224 e. The Morgan fingerprint density at radius 1 is 1.00 bits per heavy atom. The van der Waals surface area contributed by atoms with E-state index in [0.717, 1.165) is 42.9 Å². The van der Waals surface area contributed by atoms with Crippen LogP contribution < -0.4 is 15.5 Å². The van der Waals surface area contributed by atoms with Crippen molar-refractivity contribution in [3.05, 3.63) is 29.3 Å². The average Bonchev–Trinajstić information content (AvgIpc) is 2.58. The van der Waals surface area contributed by atoms with Crippen molar-refractivity contribution in [1.29, 1.82) is 0 Å². The second kappa shape index (κ2) is 7.82. The van der Waals surface area contributed by atoms with Crippen LogP contribution >= 0.6 is 11.6 Å². The Morgan fingerprint density at radius 3 is 2.32 bits per heavy atom. The summed E-state index contributed by atoms with van der Waals surface area (Å²) in [6.07, 6.45) is 9.34. The van der Waals surface area contributed by atoms with E-state index in [1.54, 1.807) is 6.20 Å². The Kier molecular flexibility index (Phi) is 5.53. The van der Waals surface area contributed by atoms with Crippen molar-refractivity contribution in [2.45, 2.75) is 44.7 Å². The van der Waals surface area contributed by atoms with E-state index >= 15 is 0 Å². The van der Waals surface area contributed by atoms with Crippen molar-refractivity contribution in [2.75, 3.05) is 29.6 Å². The van der Waals surface area contributed by atoms with Crippen LogP contribution in [0.2, 0.25) is 5.15 Å². The molecule has 0 bridgehead atoms. The van der Waals surface area contributed by atoms with E-state index in [0.29, 0.717) is 23.2 Å². The molecule has 1 aliphatic rings. The number of hydrogen-bond acceptors (Lipinski definition) is 7. The average molecular weight is 362 g/mol. The van der Waals surface area contributed by atoms with Crippen LogP contribution in [0, 0.1) is 6.92 Å². The number of nitrogens with zero attached hydrogens (tertiary/aromatic N) is 5. The molecule has 1 fully saturated rings. The van der Waals surface area contributed by atoms with Gasteiger partial charge in [0.25, 0.3) is 0 Å². The molecule has 0 spiro atoms. The molecule has 2 aromatic heterocycles. The zero-order valence-corrected chi connectivity index (χ0v) is 15.6. The van der Waals surface area contributed by atoms with Gasteiger partial charge in [0.1, 0.15) is 16.8 Å². The number of rotatable bonds is 5. The van der Waals surface area contributed by atoms with Crippen molar-refractivity contribution < 1.29 is 0 Å². The molecule has 7 nitrogen and oxygen atoms in total. The van der Waals surface area contributed by atoms with Crippen LogP contribution in [0.3, 0.4) is 0 Å². The molecular weight excluding hydrogens is 338 g/mol. The van der Waals surface area contributed by atoms with E-state index in [1.807, 2.05) is 32.1 Å². The topological polar surface area (TPSA) is 78.9 Å². The minimum absolute atomic E-state index is 0.390. The van der Waals surface area contributed by atoms with E-state index in [1.165, 1.54) is 6.20 Å². The van der Waals surface area contributed by atoms with E-state index in [9.17, 15) is 0 Å². The minimum Gasteiger partial charge on any atom is -0.366 e. The molecule has 1 saturated carbocycles. The number of aryl methyl sites for hydroxylation is 1. The third-order valence-electron chi connectivity index (χ3n) is 4.39. The van der Waals surface area contributed by atoms with Crippen LogP contribution in [-0.4, -0.2) is 46.1 Å². The molecule has 25 heavy (non-hydrogen) atoms. The molecule has 0 aromatic carbocycles. The Labute approximate surface area is 153 Å². The van der Waals surface area contributed by atoms with Gasteiger partial charge in [0.2, 0.25) is 5.95 Å². The van der Waals surface area contributed by atoms with Gasteiger partial charge in [-0.25, -0.2) is 9.97 Å². The summed E-state index contributed by atoms with van der Waals surface area (Å²) in [6, 6.07) is 0.781. The first kappa shape index (κ1) is 17.7. The molecular formula is C17H24ClN7. The van der Waals surface area contributed by atoms with Crippen LogP contribution in [0.5, 0.6) is 0 Å². The molecule has 0 amide bonds. The lowest BCUT2D eigenvalue weighted by molar-refractivity contribution is 0.426. The molecule has 0 unspecified atom stereocenters. The standard InChI is InChI=1S/C17H24ClN7/c1-11-8-20-17(24-16(11)25(2)3)22-13-6-4-12(5-7-13)21-15-10-19-9-14(18)23-15/h8-10,12-13H,4-7H2,1-3H3,(H,21,23)(H,20,22,24)/t12-,13+. The maximum atomic E-state index is 5.88. The summed E-state index contributed by atoms with van der Waals surface area (Å²) in [6.45, 7) is 2.02. The first-order valence-electron chi connectivity index (χ1n) is 8.53. The van der Waals surface area contributed by atoms with Gasteiger partial charge in [0.05, 0.1) is 12.4 Å². The summed E-state index contributed by atoms with van der Waals surface area (Å²) in [5.41, 5.74) is 1.08. The summed E-state index contributed by atoms with van der Waals surface area (Å²) in [4.78, 5) is 19.3. The Balaban J connectivity index is 1.53. The lowest BCUT2D eigenvalue weighted by Gasteiger charge is -2.30. The van der Waals surface area contributed by atoms with Gasteiger partial charge >= 0.3 is 0 Å². The largest absolute Gasteiger partial charge is 0.366 e. The SMILES string of the molecule is Cc1cnc(N[C@H]2CC[C@@H](Nc3cncc(Cl)n3)CC2)nc1N(C)C. The first-order chi connectivity index (χ1) is 12.0. The third-order valence-corrected chi connectivity index (χ3v) is 4.57. The smallest absolute Gasteiger partial charge is 0.224 e.